The number of benzene rings is 1. The zero-order chi connectivity index (χ0) is 11.1. The highest BCUT2D eigenvalue weighted by atomic mass is 32.2. The molecule has 0 radical (unpaired) electrons. The number of esters is 1. The van der Waals surface area contributed by atoms with Gasteiger partial charge in [-0.3, -0.25) is 4.79 Å². The number of aldehydes is 1. The van der Waals surface area contributed by atoms with Crippen LogP contribution in [0.2, 0.25) is 0 Å². The average Bonchev–Trinajstić information content (AvgIpc) is 2.27. The highest BCUT2D eigenvalue weighted by Gasteiger charge is 2.06. The lowest BCUT2D eigenvalue weighted by Crippen LogP contribution is -2.07. The molecule has 1 N–H and O–H groups in total. The molecule has 0 heterocycles. The van der Waals surface area contributed by atoms with Gasteiger partial charge in [-0.05, 0) is 18.2 Å². The largest absolute Gasteiger partial charge is 0.454 e. The number of carbonyl (C=O) groups excluding carboxylic acids is 2. The minimum absolute atomic E-state index is 0.209. The monoisotopic (exact) mass is 225 g/mol. The molecule has 0 aliphatic rings. The third-order valence-electron chi connectivity index (χ3n) is 1.60. The van der Waals surface area contributed by atoms with Crippen molar-refractivity contribution in [2.45, 2.75) is 0 Å². The van der Waals surface area contributed by atoms with Crippen LogP contribution >= 0.6 is 11.9 Å². The van der Waals surface area contributed by atoms with Crippen LogP contribution in [0.3, 0.4) is 0 Å². The predicted molar refractivity (Wildman–Crippen MR) is 59.9 cm³/mol. The Balaban J connectivity index is 2.71. The van der Waals surface area contributed by atoms with Gasteiger partial charge in [0.15, 0.2) is 6.29 Å². The smallest absolute Gasteiger partial charge is 0.338 e. The molecule has 0 aliphatic heterocycles. The summed E-state index contributed by atoms with van der Waals surface area (Å²) in [6.07, 6.45) is 2.43. The Morgan fingerprint density at radius 3 is 3.07 bits per heavy atom. The number of nitrogens with one attached hydrogen (secondary N) is 1. The quantitative estimate of drug-likeness (QED) is 0.470. The van der Waals surface area contributed by atoms with Gasteiger partial charge in [-0.1, -0.05) is 18.0 Å². The Labute approximate surface area is 92.1 Å². The number of ether oxygens (including phenoxy) is 1. The first kappa shape index (κ1) is 11.6. The summed E-state index contributed by atoms with van der Waals surface area (Å²) in [6.45, 7) is -0.209. The van der Waals surface area contributed by atoms with Crippen LogP contribution in [0.5, 0.6) is 0 Å². The van der Waals surface area contributed by atoms with Crippen LogP contribution in [0.25, 0.3) is 0 Å². The summed E-state index contributed by atoms with van der Waals surface area (Å²) in [5.74, 6) is -0.494. The average molecular weight is 225 g/mol. The number of rotatable bonds is 5. The van der Waals surface area contributed by atoms with Gasteiger partial charge in [0, 0.05) is 11.9 Å². The molecule has 0 saturated heterocycles. The lowest BCUT2D eigenvalue weighted by Gasteiger charge is -2.04. The molecule has 0 bridgehead atoms. The predicted octanol–water partition coefficient (Wildman–Crippen LogP) is 1.73. The molecule has 4 nitrogen and oxygen atoms in total. The van der Waals surface area contributed by atoms with Crippen molar-refractivity contribution in [3.05, 3.63) is 29.8 Å². The summed E-state index contributed by atoms with van der Waals surface area (Å²) in [5.41, 5.74) is 1.25. The standard InChI is InChI=1S/C10H11NO3S/c1-15-11-9-4-2-3-8(7-9)10(13)14-6-5-12/h2-5,7,11H,6H2,1H3. The second kappa shape index (κ2) is 6.08. The first-order valence-electron chi connectivity index (χ1n) is 4.27. The Kier molecular flexibility index (Phi) is 4.70. The highest BCUT2D eigenvalue weighted by Crippen LogP contribution is 2.14. The number of anilines is 1. The summed E-state index contributed by atoms with van der Waals surface area (Å²) < 4.78 is 7.67. The van der Waals surface area contributed by atoms with Crippen LogP contribution in [0, 0.1) is 0 Å². The van der Waals surface area contributed by atoms with Gasteiger partial charge in [0.2, 0.25) is 0 Å². The van der Waals surface area contributed by atoms with Crippen molar-refractivity contribution in [1.29, 1.82) is 0 Å². The van der Waals surface area contributed by atoms with Gasteiger partial charge in [-0.2, -0.15) is 0 Å². The summed E-state index contributed by atoms with van der Waals surface area (Å²) in [7, 11) is 0. The van der Waals surface area contributed by atoms with Crippen LogP contribution in [0.1, 0.15) is 10.4 Å². The molecule has 80 valence electrons. The fraction of sp³-hybridized carbons (Fsp3) is 0.200. The molecule has 0 atom stereocenters. The minimum Gasteiger partial charge on any atom is -0.454 e. The van der Waals surface area contributed by atoms with Gasteiger partial charge in [0.1, 0.15) is 6.61 Å². The SMILES string of the molecule is CSNc1cccc(C(=O)OCC=O)c1. The van der Waals surface area contributed by atoms with Crippen LogP contribution < -0.4 is 4.72 Å². The van der Waals surface area contributed by atoms with Crippen molar-refractivity contribution in [1.82, 2.24) is 0 Å². The van der Waals surface area contributed by atoms with Crippen LogP contribution in [0.4, 0.5) is 5.69 Å². The molecule has 15 heavy (non-hydrogen) atoms. The molecular formula is C10H11NO3S. The third kappa shape index (κ3) is 3.63. The molecule has 0 spiro atoms. The zero-order valence-corrected chi connectivity index (χ0v) is 9.04. The summed E-state index contributed by atoms with van der Waals surface area (Å²) in [6, 6.07) is 6.89. The summed E-state index contributed by atoms with van der Waals surface area (Å²) in [5, 5.41) is 0. The van der Waals surface area contributed by atoms with Crippen molar-refractivity contribution < 1.29 is 14.3 Å². The lowest BCUT2D eigenvalue weighted by atomic mass is 10.2. The van der Waals surface area contributed by atoms with Crippen molar-refractivity contribution in [3.8, 4) is 0 Å². The van der Waals surface area contributed by atoms with E-state index in [0.717, 1.165) is 5.69 Å². The van der Waals surface area contributed by atoms with Gasteiger partial charge in [0.05, 0.1) is 5.56 Å². The van der Waals surface area contributed by atoms with E-state index in [1.807, 2.05) is 12.3 Å². The molecule has 1 aromatic rings. The van der Waals surface area contributed by atoms with E-state index in [-0.39, 0.29) is 6.61 Å². The van der Waals surface area contributed by atoms with Crippen LogP contribution in [-0.2, 0) is 9.53 Å². The molecule has 0 aliphatic carbocycles. The topological polar surface area (TPSA) is 55.4 Å². The van der Waals surface area contributed by atoms with Crippen LogP contribution in [0.15, 0.2) is 24.3 Å². The van der Waals surface area contributed by atoms with E-state index in [2.05, 4.69) is 9.46 Å². The Hall–Kier alpha value is -1.49. The zero-order valence-electron chi connectivity index (χ0n) is 8.23. The Bertz CT molecular complexity index is 354. The molecule has 0 unspecified atom stereocenters. The van der Waals surface area contributed by atoms with Gasteiger partial charge < -0.3 is 9.46 Å². The van der Waals surface area contributed by atoms with E-state index in [0.29, 0.717) is 11.8 Å². The van der Waals surface area contributed by atoms with E-state index in [9.17, 15) is 9.59 Å². The molecule has 1 rings (SSSR count). The normalized spacial score (nSPS) is 9.40. The van der Waals surface area contributed by atoms with E-state index < -0.39 is 5.97 Å². The van der Waals surface area contributed by atoms with Crippen molar-refractivity contribution >= 4 is 29.9 Å². The maximum atomic E-state index is 11.3. The fourth-order valence-corrected chi connectivity index (χ4v) is 1.38. The van der Waals surface area contributed by atoms with E-state index in [4.69, 9.17) is 0 Å². The van der Waals surface area contributed by atoms with Gasteiger partial charge >= 0.3 is 5.97 Å². The lowest BCUT2D eigenvalue weighted by molar-refractivity contribution is -0.110. The second-order valence-corrected chi connectivity index (χ2v) is 3.26. The van der Waals surface area contributed by atoms with Crippen molar-refractivity contribution in [2.75, 3.05) is 17.6 Å². The molecule has 0 fully saturated rings. The summed E-state index contributed by atoms with van der Waals surface area (Å²) >= 11 is 1.43. The summed E-state index contributed by atoms with van der Waals surface area (Å²) in [4.78, 5) is 21.4. The van der Waals surface area contributed by atoms with Gasteiger partial charge in [0.25, 0.3) is 0 Å². The molecule has 5 heteroatoms. The van der Waals surface area contributed by atoms with Crippen molar-refractivity contribution in [3.63, 3.8) is 0 Å². The van der Waals surface area contributed by atoms with E-state index in [1.165, 1.54) is 11.9 Å². The molecular weight excluding hydrogens is 214 g/mol. The maximum absolute atomic E-state index is 11.3. The molecule has 0 aromatic heterocycles. The van der Waals surface area contributed by atoms with Crippen molar-refractivity contribution in [2.24, 2.45) is 0 Å². The van der Waals surface area contributed by atoms with E-state index in [1.54, 1.807) is 18.2 Å². The molecule has 0 saturated carbocycles. The highest BCUT2D eigenvalue weighted by molar-refractivity contribution is 7.99. The fourth-order valence-electron chi connectivity index (χ4n) is 1.02. The molecule has 1 aromatic carbocycles. The van der Waals surface area contributed by atoms with Gasteiger partial charge in [-0.15, -0.1) is 0 Å². The number of hydrogen-bond acceptors (Lipinski definition) is 5. The number of hydrogen-bond donors (Lipinski definition) is 1. The first-order valence-corrected chi connectivity index (χ1v) is 5.50. The second-order valence-electron chi connectivity index (χ2n) is 2.65. The van der Waals surface area contributed by atoms with Gasteiger partial charge in [-0.25, -0.2) is 4.79 Å². The number of carbonyl (C=O) groups is 2. The Morgan fingerprint density at radius 2 is 2.40 bits per heavy atom. The maximum Gasteiger partial charge on any atom is 0.338 e. The first-order chi connectivity index (χ1) is 7.27. The Morgan fingerprint density at radius 1 is 1.60 bits per heavy atom. The third-order valence-corrected chi connectivity index (χ3v) is 2.04. The van der Waals surface area contributed by atoms with Crippen LogP contribution in [-0.4, -0.2) is 25.1 Å². The minimum atomic E-state index is -0.494. The molecule has 0 amide bonds. The van der Waals surface area contributed by atoms with E-state index >= 15 is 0 Å².